The van der Waals surface area contributed by atoms with Crippen molar-refractivity contribution in [3.05, 3.63) is 29.8 Å². The molecule has 0 bridgehead atoms. The summed E-state index contributed by atoms with van der Waals surface area (Å²) in [6, 6.07) is 7.15. The van der Waals surface area contributed by atoms with Crippen LogP contribution in [-0.4, -0.2) is 25.2 Å². The zero-order valence-corrected chi connectivity index (χ0v) is 11.0. The molecule has 1 aliphatic carbocycles. The molecular weight excluding hydrogens is 242 g/mol. The number of benzene rings is 1. The average molecular weight is 263 g/mol. The van der Waals surface area contributed by atoms with Gasteiger partial charge in [0.2, 0.25) is 0 Å². The van der Waals surface area contributed by atoms with Crippen molar-refractivity contribution in [2.75, 3.05) is 18.6 Å². The molecular formula is C14H21N3O2. The van der Waals surface area contributed by atoms with E-state index in [2.05, 4.69) is 10.7 Å². The number of carbonyl (C=O) groups excluding carboxylic acids is 1. The van der Waals surface area contributed by atoms with Crippen molar-refractivity contribution < 1.29 is 9.53 Å². The summed E-state index contributed by atoms with van der Waals surface area (Å²) in [4.78, 5) is 12.0. The number of anilines is 1. The van der Waals surface area contributed by atoms with E-state index in [-0.39, 0.29) is 5.91 Å². The van der Waals surface area contributed by atoms with Crippen LogP contribution in [0.15, 0.2) is 24.3 Å². The van der Waals surface area contributed by atoms with Crippen LogP contribution in [0.25, 0.3) is 0 Å². The van der Waals surface area contributed by atoms with E-state index in [0.717, 1.165) is 12.8 Å². The summed E-state index contributed by atoms with van der Waals surface area (Å²) in [5.41, 5.74) is 3.69. The Kier molecular flexibility index (Phi) is 5.18. The molecule has 0 saturated heterocycles. The van der Waals surface area contributed by atoms with E-state index in [9.17, 15) is 4.79 Å². The van der Waals surface area contributed by atoms with Crippen molar-refractivity contribution in [1.29, 1.82) is 0 Å². The van der Waals surface area contributed by atoms with Gasteiger partial charge in [-0.15, -0.1) is 0 Å². The number of hydrogen-bond donors (Lipinski definition) is 3. The molecule has 1 fully saturated rings. The molecule has 1 aromatic carbocycles. The Morgan fingerprint density at radius 1 is 1.32 bits per heavy atom. The monoisotopic (exact) mass is 263 g/mol. The highest BCUT2D eigenvalue weighted by Gasteiger charge is 2.15. The zero-order chi connectivity index (χ0) is 13.5. The number of hydrogen-bond acceptors (Lipinski definition) is 4. The van der Waals surface area contributed by atoms with Crippen molar-refractivity contribution in [2.45, 2.75) is 31.8 Å². The Morgan fingerprint density at radius 3 is 2.79 bits per heavy atom. The highest BCUT2D eigenvalue weighted by atomic mass is 16.5. The predicted octanol–water partition coefficient (Wildman–Crippen LogP) is 1.66. The number of nitrogens with two attached hydrogens (primary N) is 1. The summed E-state index contributed by atoms with van der Waals surface area (Å²) in [6.45, 7) is 1.09. The first kappa shape index (κ1) is 13.8. The number of amides is 1. The minimum atomic E-state index is -0.136. The maximum atomic E-state index is 12.0. The van der Waals surface area contributed by atoms with Crippen molar-refractivity contribution in [1.82, 2.24) is 5.32 Å². The number of ether oxygens (including phenoxy) is 1. The van der Waals surface area contributed by atoms with E-state index in [1.165, 1.54) is 12.8 Å². The smallest absolute Gasteiger partial charge is 0.253 e. The van der Waals surface area contributed by atoms with E-state index < -0.39 is 0 Å². The van der Waals surface area contributed by atoms with Gasteiger partial charge in [0, 0.05) is 6.54 Å². The molecule has 1 aromatic rings. The molecule has 5 nitrogen and oxygen atoms in total. The first-order chi connectivity index (χ1) is 9.31. The molecule has 1 aliphatic rings. The van der Waals surface area contributed by atoms with E-state index in [4.69, 9.17) is 10.6 Å². The second-order valence-electron chi connectivity index (χ2n) is 4.72. The standard InChI is InChI=1S/C14H21N3O2/c15-17-13-8-4-3-7-12(13)14(18)16-9-10-19-11-5-1-2-6-11/h3-4,7-8,11,17H,1-2,5-6,9-10,15H2,(H,16,18). The van der Waals surface area contributed by atoms with Gasteiger partial charge in [0.1, 0.15) is 0 Å². The fourth-order valence-electron chi connectivity index (χ4n) is 2.35. The lowest BCUT2D eigenvalue weighted by atomic mass is 10.1. The van der Waals surface area contributed by atoms with Gasteiger partial charge in [-0.1, -0.05) is 25.0 Å². The number of carbonyl (C=O) groups is 1. The molecule has 0 heterocycles. The van der Waals surface area contributed by atoms with Crippen molar-refractivity contribution in [3.8, 4) is 0 Å². The van der Waals surface area contributed by atoms with Crippen LogP contribution >= 0.6 is 0 Å². The van der Waals surface area contributed by atoms with Crippen molar-refractivity contribution in [2.24, 2.45) is 5.84 Å². The van der Waals surface area contributed by atoms with Crippen molar-refractivity contribution in [3.63, 3.8) is 0 Å². The first-order valence-electron chi connectivity index (χ1n) is 6.76. The van der Waals surface area contributed by atoms with Gasteiger partial charge in [-0.25, -0.2) is 0 Å². The molecule has 1 amide bonds. The number of rotatable bonds is 6. The molecule has 4 N–H and O–H groups in total. The van der Waals surface area contributed by atoms with Gasteiger partial charge in [0.05, 0.1) is 24.0 Å². The molecule has 1 saturated carbocycles. The molecule has 0 radical (unpaired) electrons. The van der Waals surface area contributed by atoms with Crippen LogP contribution in [0.5, 0.6) is 0 Å². The molecule has 5 heteroatoms. The first-order valence-corrected chi connectivity index (χ1v) is 6.76. The van der Waals surface area contributed by atoms with Gasteiger partial charge < -0.3 is 15.5 Å². The zero-order valence-electron chi connectivity index (χ0n) is 11.0. The van der Waals surface area contributed by atoms with Gasteiger partial charge in [0.15, 0.2) is 0 Å². The second-order valence-corrected chi connectivity index (χ2v) is 4.72. The second kappa shape index (κ2) is 7.11. The molecule has 0 aromatic heterocycles. The van der Waals surface area contributed by atoms with Crippen LogP contribution in [0.3, 0.4) is 0 Å². The molecule has 0 atom stereocenters. The lowest BCUT2D eigenvalue weighted by molar-refractivity contribution is 0.0582. The summed E-state index contributed by atoms with van der Waals surface area (Å²) >= 11 is 0. The average Bonchev–Trinajstić information content (AvgIpc) is 2.96. The Bertz CT molecular complexity index is 417. The summed E-state index contributed by atoms with van der Waals surface area (Å²) < 4.78 is 5.69. The SMILES string of the molecule is NNc1ccccc1C(=O)NCCOC1CCCC1. The molecule has 0 spiro atoms. The minimum absolute atomic E-state index is 0.136. The maximum absolute atomic E-state index is 12.0. The third kappa shape index (κ3) is 3.94. The number of hydrazine groups is 1. The third-order valence-corrected chi connectivity index (χ3v) is 3.37. The van der Waals surface area contributed by atoms with Crippen LogP contribution < -0.4 is 16.6 Å². The largest absolute Gasteiger partial charge is 0.376 e. The van der Waals surface area contributed by atoms with Crippen LogP contribution in [0.4, 0.5) is 5.69 Å². The number of para-hydroxylation sites is 1. The molecule has 2 rings (SSSR count). The van der Waals surface area contributed by atoms with Gasteiger partial charge in [-0.2, -0.15) is 0 Å². The normalized spacial score (nSPS) is 15.4. The van der Waals surface area contributed by atoms with Gasteiger partial charge in [0.25, 0.3) is 5.91 Å². The van der Waals surface area contributed by atoms with Crippen LogP contribution in [-0.2, 0) is 4.74 Å². The predicted molar refractivity (Wildman–Crippen MR) is 74.8 cm³/mol. The van der Waals surface area contributed by atoms with Gasteiger partial charge >= 0.3 is 0 Å². The number of nitrogen functional groups attached to an aromatic ring is 1. The summed E-state index contributed by atoms with van der Waals surface area (Å²) in [7, 11) is 0. The van der Waals surface area contributed by atoms with Crippen LogP contribution in [0.2, 0.25) is 0 Å². The quantitative estimate of drug-likeness (QED) is 0.414. The highest BCUT2D eigenvalue weighted by molar-refractivity contribution is 5.99. The molecule has 0 unspecified atom stereocenters. The topological polar surface area (TPSA) is 76.4 Å². The lowest BCUT2D eigenvalue weighted by Gasteiger charge is -2.12. The minimum Gasteiger partial charge on any atom is -0.376 e. The van der Waals surface area contributed by atoms with E-state index in [1.54, 1.807) is 12.1 Å². The lowest BCUT2D eigenvalue weighted by Crippen LogP contribution is -2.29. The summed E-state index contributed by atoms with van der Waals surface area (Å²) in [6.07, 6.45) is 5.19. The van der Waals surface area contributed by atoms with Gasteiger partial charge in [-0.05, 0) is 25.0 Å². The Hall–Kier alpha value is -1.59. The van der Waals surface area contributed by atoms with E-state index >= 15 is 0 Å². The number of nitrogens with one attached hydrogen (secondary N) is 2. The summed E-state index contributed by atoms with van der Waals surface area (Å²) in [5, 5.41) is 2.84. The van der Waals surface area contributed by atoms with E-state index in [1.807, 2.05) is 12.1 Å². The Labute approximate surface area is 113 Å². The van der Waals surface area contributed by atoms with Gasteiger partial charge in [-0.3, -0.25) is 10.6 Å². The summed E-state index contributed by atoms with van der Waals surface area (Å²) in [5.74, 6) is 5.24. The maximum Gasteiger partial charge on any atom is 0.253 e. The molecule has 19 heavy (non-hydrogen) atoms. The fourth-order valence-corrected chi connectivity index (χ4v) is 2.35. The molecule has 104 valence electrons. The molecule has 0 aliphatic heterocycles. The van der Waals surface area contributed by atoms with E-state index in [0.29, 0.717) is 30.5 Å². The Morgan fingerprint density at radius 2 is 2.05 bits per heavy atom. The Balaban J connectivity index is 1.74. The third-order valence-electron chi connectivity index (χ3n) is 3.37. The van der Waals surface area contributed by atoms with Crippen molar-refractivity contribution >= 4 is 11.6 Å². The van der Waals surface area contributed by atoms with Crippen LogP contribution in [0.1, 0.15) is 36.0 Å². The van der Waals surface area contributed by atoms with Crippen LogP contribution in [0, 0.1) is 0 Å². The fraction of sp³-hybridized carbons (Fsp3) is 0.500. The highest BCUT2D eigenvalue weighted by Crippen LogP contribution is 2.20.